The van der Waals surface area contributed by atoms with Crippen molar-refractivity contribution in [2.75, 3.05) is 6.54 Å². The molecule has 2 aliphatic heterocycles. The number of fused-ring (bicyclic) bond motifs is 4. The quantitative estimate of drug-likeness (QED) is 0.441. The number of amides is 1. The molecule has 3 aromatic rings. The highest BCUT2D eigenvalue weighted by atomic mass is 16.2. The van der Waals surface area contributed by atoms with E-state index in [0.717, 1.165) is 49.0 Å². The van der Waals surface area contributed by atoms with Gasteiger partial charge in [-0.1, -0.05) is 25.0 Å². The first kappa shape index (κ1) is 23.9. The van der Waals surface area contributed by atoms with Crippen LogP contribution >= 0.6 is 0 Å². The van der Waals surface area contributed by atoms with Crippen LogP contribution in [0.5, 0.6) is 0 Å². The van der Waals surface area contributed by atoms with Crippen molar-refractivity contribution in [3.63, 3.8) is 0 Å². The maximum Gasteiger partial charge on any atom is 0.225 e. The fraction of sp³-hybridized carbons (Fsp3) is 0.484. The first-order chi connectivity index (χ1) is 17.9. The van der Waals surface area contributed by atoms with Gasteiger partial charge in [-0.3, -0.25) is 9.59 Å². The third kappa shape index (κ3) is 4.15. The van der Waals surface area contributed by atoms with E-state index in [1.165, 1.54) is 30.2 Å². The largest absolute Gasteiger partial charge is 0.339 e. The molecule has 2 bridgehead atoms. The van der Waals surface area contributed by atoms with E-state index in [1.54, 1.807) is 24.3 Å². The number of pyridine rings is 1. The molecular weight excluding hydrogens is 460 g/mol. The molecule has 190 valence electrons. The third-order valence-corrected chi connectivity index (χ3v) is 9.27. The number of nitriles is 1. The molecule has 3 atom stereocenters. The zero-order chi connectivity index (χ0) is 25.7. The molecule has 2 aromatic heterocycles. The van der Waals surface area contributed by atoms with E-state index >= 15 is 0 Å². The van der Waals surface area contributed by atoms with Gasteiger partial charge in [-0.05, 0) is 79.7 Å². The van der Waals surface area contributed by atoms with Crippen LogP contribution in [0.25, 0.3) is 11.0 Å². The number of rotatable bonds is 5. The van der Waals surface area contributed by atoms with Crippen LogP contribution in [0.2, 0.25) is 0 Å². The van der Waals surface area contributed by atoms with Gasteiger partial charge in [-0.2, -0.15) is 5.26 Å². The lowest BCUT2D eigenvalue weighted by Gasteiger charge is -2.50. The minimum absolute atomic E-state index is 0.00313. The van der Waals surface area contributed by atoms with Crippen molar-refractivity contribution in [2.45, 2.75) is 70.3 Å². The van der Waals surface area contributed by atoms with Gasteiger partial charge in [0.05, 0.1) is 11.6 Å². The van der Waals surface area contributed by atoms with E-state index in [2.05, 4.69) is 28.7 Å². The van der Waals surface area contributed by atoms with E-state index in [1.807, 2.05) is 13.2 Å². The van der Waals surface area contributed by atoms with Crippen LogP contribution in [0.4, 0.5) is 0 Å². The number of hydrogen-bond donors (Lipinski definition) is 0. The van der Waals surface area contributed by atoms with Gasteiger partial charge >= 0.3 is 0 Å². The monoisotopic (exact) mass is 494 g/mol. The minimum Gasteiger partial charge on any atom is -0.339 e. The highest BCUT2D eigenvalue weighted by molar-refractivity contribution is 5.98. The van der Waals surface area contributed by atoms with Crippen molar-refractivity contribution in [1.82, 2.24) is 14.5 Å². The molecular formula is C31H34N4O2. The smallest absolute Gasteiger partial charge is 0.225 e. The van der Waals surface area contributed by atoms with Crippen LogP contribution < -0.4 is 0 Å². The topological polar surface area (TPSA) is 79.0 Å². The van der Waals surface area contributed by atoms with Crippen LogP contribution in [0.15, 0.2) is 36.7 Å². The summed E-state index contributed by atoms with van der Waals surface area (Å²) in [6, 6.07) is 9.36. The van der Waals surface area contributed by atoms with Crippen molar-refractivity contribution in [3.8, 4) is 6.07 Å². The van der Waals surface area contributed by atoms with E-state index < -0.39 is 0 Å². The van der Waals surface area contributed by atoms with Gasteiger partial charge in [-0.15, -0.1) is 0 Å². The highest BCUT2D eigenvalue weighted by Crippen LogP contribution is 2.48. The molecule has 7 rings (SSSR count). The van der Waals surface area contributed by atoms with E-state index in [4.69, 9.17) is 4.98 Å². The second kappa shape index (κ2) is 9.45. The first-order valence-electron chi connectivity index (χ1n) is 13.7. The summed E-state index contributed by atoms with van der Waals surface area (Å²) in [4.78, 5) is 33.4. The molecule has 0 spiro atoms. The normalized spacial score (nSPS) is 23.5. The molecule has 2 aliphatic carbocycles. The molecule has 2 saturated carbocycles. The van der Waals surface area contributed by atoms with Gasteiger partial charge in [0.15, 0.2) is 5.78 Å². The third-order valence-electron chi connectivity index (χ3n) is 9.27. The molecule has 4 fully saturated rings. The number of ketones is 1. The van der Waals surface area contributed by atoms with E-state index in [-0.39, 0.29) is 18.1 Å². The predicted molar refractivity (Wildman–Crippen MR) is 142 cm³/mol. The standard InChI is InChI=1S/C31H34N4O2/c1-19-24(13-28(36)22-9-5-6-20(12-22)15-32)16-33-30-29(19)27(18-34(30)2)26-14-25-11-10-23(26)17-35(25)31(37)21-7-3-4-8-21/h5-6,9,12,16,18,21,23,25-26H,3-4,7-8,10-11,13-14,17H2,1-2H3/t23-,25-,26-/m1/s1. The molecule has 2 saturated heterocycles. The number of carbonyl (C=O) groups is 2. The number of aromatic nitrogens is 2. The molecule has 4 aliphatic rings. The number of Topliss-reactive ketones (excluding diaryl/α,β-unsaturated/α-hetero) is 1. The van der Waals surface area contributed by atoms with E-state index in [9.17, 15) is 14.9 Å². The predicted octanol–water partition coefficient (Wildman–Crippen LogP) is 5.46. The minimum atomic E-state index is -0.00313. The van der Waals surface area contributed by atoms with Crippen molar-refractivity contribution in [2.24, 2.45) is 18.9 Å². The molecule has 6 nitrogen and oxygen atoms in total. The molecule has 0 radical (unpaired) electrons. The van der Waals surface area contributed by atoms with Crippen LogP contribution in [-0.2, 0) is 18.3 Å². The van der Waals surface area contributed by atoms with Crippen molar-refractivity contribution < 1.29 is 9.59 Å². The number of benzene rings is 1. The fourth-order valence-corrected chi connectivity index (χ4v) is 7.25. The lowest BCUT2D eigenvalue weighted by atomic mass is 9.68. The van der Waals surface area contributed by atoms with Gasteiger partial charge in [0, 0.05) is 55.3 Å². The molecule has 0 N–H and O–H groups in total. The summed E-state index contributed by atoms with van der Waals surface area (Å²) in [7, 11) is 2.05. The number of piperidine rings is 2. The maximum atomic E-state index is 13.3. The average molecular weight is 495 g/mol. The Kier molecular flexibility index (Phi) is 6.10. The van der Waals surface area contributed by atoms with Crippen LogP contribution in [-0.4, -0.2) is 38.7 Å². The maximum absolute atomic E-state index is 13.3. The van der Waals surface area contributed by atoms with Gasteiger partial charge in [0.2, 0.25) is 5.91 Å². The average Bonchev–Trinajstić information content (AvgIpc) is 3.59. The van der Waals surface area contributed by atoms with Crippen molar-refractivity contribution in [1.29, 1.82) is 5.26 Å². The zero-order valence-corrected chi connectivity index (χ0v) is 21.7. The van der Waals surface area contributed by atoms with Gasteiger partial charge in [-0.25, -0.2) is 4.98 Å². The van der Waals surface area contributed by atoms with Crippen LogP contribution in [0.3, 0.4) is 0 Å². The number of hydrogen-bond acceptors (Lipinski definition) is 4. The van der Waals surface area contributed by atoms with Gasteiger partial charge < -0.3 is 9.47 Å². The Balaban J connectivity index is 1.29. The molecule has 6 heteroatoms. The summed E-state index contributed by atoms with van der Waals surface area (Å²) in [6.07, 6.45) is 12.1. The lowest BCUT2D eigenvalue weighted by Crippen LogP contribution is -2.54. The summed E-state index contributed by atoms with van der Waals surface area (Å²) < 4.78 is 2.11. The number of aryl methyl sites for hydroxylation is 2. The second-order valence-corrected chi connectivity index (χ2v) is 11.4. The summed E-state index contributed by atoms with van der Waals surface area (Å²) in [5.41, 5.74) is 5.39. The summed E-state index contributed by atoms with van der Waals surface area (Å²) in [5, 5.41) is 10.4. The molecule has 1 amide bonds. The summed E-state index contributed by atoms with van der Waals surface area (Å²) in [5.74, 6) is 1.53. The Hall–Kier alpha value is -3.46. The second-order valence-electron chi connectivity index (χ2n) is 11.4. The summed E-state index contributed by atoms with van der Waals surface area (Å²) in [6.45, 7) is 2.99. The van der Waals surface area contributed by atoms with Crippen molar-refractivity contribution in [3.05, 3.63) is 64.5 Å². The zero-order valence-electron chi connectivity index (χ0n) is 21.7. The Labute approximate surface area is 218 Å². The molecule has 37 heavy (non-hydrogen) atoms. The fourth-order valence-electron chi connectivity index (χ4n) is 7.25. The molecule has 1 aromatic carbocycles. The number of carbonyl (C=O) groups excluding carboxylic acids is 2. The van der Waals surface area contributed by atoms with Crippen molar-refractivity contribution >= 4 is 22.7 Å². The highest BCUT2D eigenvalue weighted by Gasteiger charge is 2.45. The first-order valence-corrected chi connectivity index (χ1v) is 13.7. The number of nitrogens with zero attached hydrogens (tertiary/aromatic N) is 4. The SMILES string of the molecule is Cc1c(CC(=O)c2cccc(C#N)c2)cnc2c1c([C@@H]1C[C@H]3CC[C@@H]1CN3C(=O)C1CCCC1)cn2C. The van der Waals surface area contributed by atoms with Gasteiger partial charge in [0.1, 0.15) is 5.65 Å². The Morgan fingerprint density at radius 2 is 1.97 bits per heavy atom. The molecule has 4 heterocycles. The Bertz CT molecular complexity index is 1420. The lowest BCUT2D eigenvalue weighted by molar-refractivity contribution is -0.143. The summed E-state index contributed by atoms with van der Waals surface area (Å²) >= 11 is 0. The van der Waals surface area contributed by atoms with Crippen LogP contribution in [0.1, 0.15) is 83.5 Å². The van der Waals surface area contributed by atoms with E-state index in [0.29, 0.717) is 34.9 Å². The Morgan fingerprint density at radius 1 is 1.16 bits per heavy atom. The molecule has 0 unspecified atom stereocenters. The van der Waals surface area contributed by atoms with Gasteiger partial charge in [0.25, 0.3) is 0 Å². The van der Waals surface area contributed by atoms with Crippen LogP contribution in [0, 0.1) is 30.1 Å². The Morgan fingerprint density at radius 3 is 2.70 bits per heavy atom.